The molecule has 0 aliphatic carbocycles. The predicted molar refractivity (Wildman–Crippen MR) is 115 cm³/mol. The average molecular weight is 480 g/mol. The van der Waals surface area contributed by atoms with Crippen LogP contribution in [-0.4, -0.2) is 69.3 Å². The number of rotatable bonds is 11. The second-order valence-corrected chi connectivity index (χ2v) is 8.02. The largest absolute Gasteiger partial charge is 0.414 e. The number of benzene rings is 1. The van der Waals surface area contributed by atoms with Gasteiger partial charge in [0, 0.05) is 37.5 Å². The maximum atomic E-state index is 12.5. The fourth-order valence-electron chi connectivity index (χ4n) is 2.37. The van der Waals surface area contributed by atoms with E-state index in [9.17, 15) is 22.8 Å². The van der Waals surface area contributed by atoms with Crippen molar-refractivity contribution < 1.29 is 37.4 Å². The molecule has 2 rings (SSSR count). The van der Waals surface area contributed by atoms with E-state index < -0.39 is 22.0 Å². The molecule has 0 spiro atoms. The second-order valence-electron chi connectivity index (χ2n) is 6.34. The normalized spacial score (nSPS) is 10.8. The van der Waals surface area contributed by atoms with Crippen molar-refractivity contribution in [1.29, 1.82) is 0 Å². The van der Waals surface area contributed by atoms with Gasteiger partial charge >= 0.3 is 6.09 Å². The molecule has 0 bridgehead atoms. The Labute approximate surface area is 190 Å². The van der Waals surface area contributed by atoms with Gasteiger partial charge in [0.1, 0.15) is 0 Å². The Kier molecular flexibility index (Phi) is 9.72. The molecule has 13 heteroatoms. The number of pyridine rings is 1. The van der Waals surface area contributed by atoms with Crippen molar-refractivity contribution in [3.05, 3.63) is 53.7 Å². The van der Waals surface area contributed by atoms with E-state index in [1.54, 1.807) is 0 Å². The van der Waals surface area contributed by atoms with Crippen LogP contribution in [0.1, 0.15) is 27.6 Å². The van der Waals surface area contributed by atoms with Crippen molar-refractivity contribution >= 4 is 27.9 Å². The van der Waals surface area contributed by atoms with Gasteiger partial charge in [-0.15, -0.1) is 0 Å². The molecule has 0 aliphatic rings. The van der Waals surface area contributed by atoms with Crippen molar-refractivity contribution in [2.24, 2.45) is 0 Å². The summed E-state index contributed by atoms with van der Waals surface area (Å²) in [6, 6.07) is 7.48. The van der Waals surface area contributed by atoms with Crippen molar-refractivity contribution in [2.75, 3.05) is 32.9 Å². The third-order valence-corrected chi connectivity index (χ3v) is 5.31. The van der Waals surface area contributed by atoms with E-state index in [0.29, 0.717) is 19.8 Å². The molecule has 4 N–H and O–H groups in total. The molecular weight excluding hydrogens is 456 g/mol. The molecule has 3 amide bonds. The molecular formula is C20H24N4O8S. The Balaban J connectivity index is 1.97. The van der Waals surface area contributed by atoms with Gasteiger partial charge in [0.05, 0.1) is 23.7 Å². The van der Waals surface area contributed by atoms with Crippen LogP contribution in [0.3, 0.4) is 0 Å². The first-order valence-electron chi connectivity index (χ1n) is 9.82. The highest BCUT2D eigenvalue weighted by atomic mass is 32.2. The predicted octanol–water partition coefficient (Wildman–Crippen LogP) is 0.0473. The summed E-state index contributed by atoms with van der Waals surface area (Å²) in [4.78, 5) is 39.3. The summed E-state index contributed by atoms with van der Waals surface area (Å²) in [5.41, 5.74) is 0.159. The van der Waals surface area contributed by atoms with Crippen molar-refractivity contribution in [2.45, 2.75) is 11.8 Å². The Hall–Kier alpha value is -3.55. The maximum Gasteiger partial charge on any atom is 0.414 e. The third-order valence-electron chi connectivity index (χ3n) is 3.97. The highest BCUT2D eigenvalue weighted by molar-refractivity contribution is 7.90. The maximum absolute atomic E-state index is 12.5. The topological polar surface area (TPSA) is 173 Å². The number of hydrogen-bond donors (Lipinski definition) is 4. The van der Waals surface area contributed by atoms with Crippen LogP contribution in [0.5, 0.6) is 5.88 Å². The lowest BCUT2D eigenvalue weighted by Crippen LogP contribution is -2.31. The van der Waals surface area contributed by atoms with Crippen molar-refractivity contribution in [3.63, 3.8) is 0 Å². The van der Waals surface area contributed by atoms with Crippen LogP contribution in [0.25, 0.3) is 0 Å². The van der Waals surface area contributed by atoms with E-state index in [2.05, 4.69) is 15.6 Å². The summed E-state index contributed by atoms with van der Waals surface area (Å²) in [5, 5.41) is 13.5. The molecule has 0 saturated heterocycles. The van der Waals surface area contributed by atoms with Crippen LogP contribution >= 0.6 is 0 Å². The van der Waals surface area contributed by atoms with Crippen LogP contribution in [0.2, 0.25) is 0 Å². The molecule has 0 radical (unpaired) electrons. The number of carbonyl (C=O) groups is 3. The first-order chi connectivity index (χ1) is 15.8. The Morgan fingerprint density at radius 1 is 0.970 bits per heavy atom. The summed E-state index contributed by atoms with van der Waals surface area (Å²) in [6.07, 6.45) is 0.192. The van der Waals surface area contributed by atoms with E-state index in [1.165, 1.54) is 36.4 Å². The monoisotopic (exact) mass is 480 g/mol. The van der Waals surface area contributed by atoms with E-state index in [0.717, 1.165) is 6.20 Å². The molecule has 2 aromatic rings. The van der Waals surface area contributed by atoms with Crippen LogP contribution in [0, 0.1) is 0 Å². The van der Waals surface area contributed by atoms with Gasteiger partial charge in [-0.3, -0.25) is 9.59 Å². The van der Waals surface area contributed by atoms with Gasteiger partial charge in [0.15, 0.2) is 0 Å². The van der Waals surface area contributed by atoms with Gasteiger partial charge in [-0.2, -0.15) is 0 Å². The molecule has 1 aromatic carbocycles. The molecule has 0 fully saturated rings. The number of nitrogens with one attached hydrogen (secondary N) is 3. The van der Waals surface area contributed by atoms with E-state index in [1.807, 2.05) is 11.6 Å². The van der Waals surface area contributed by atoms with Gasteiger partial charge in [-0.1, -0.05) is 0 Å². The SMILES string of the molecule is CCOCCNC(=O)c1ccc(S(=O)(=O)NC(=O)c2ccc(OC(=O)NCCO)nc2)cc1. The van der Waals surface area contributed by atoms with Gasteiger partial charge in [-0.05, 0) is 37.3 Å². The standard InChI is InChI=1S/C20H24N4O8S/c1-2-31-12-10-21-18(26)14-3-6-16(7-4-14)33(29,30)24-19(27)15-5-8-17(23-13-15)32-20(28)22-9-11-25/h3-8,13,25H,2,9-12H2,1H3,(H,21,26)(H,22,28)(H,24,27). The Morgan fingerprint density at radius 2 is 1.67 bits per heavy atom. The molecule has 1 aromatic heterocycles. The lowest BCUT2D eigenvalue weighted by atomic mass is 10.2. The minimum Gasteiger partial charge on any atom is -0.395 e. The van der Waals surface area contributed by atoms with E-state index in [-0.39, 0.29) is 41.0 Å². The smallest absolute Gasteiger partial charge is 0.395 e. The number of amides is 3. The highest BCUT2D eigenvalue weighted by Gasteiger charge is 2.20. The van der Waals surface area contributed by atoms with Crippen LogP contribution in [0.4, 0.5) is 4.79 Å². The molecule has 1 heterocycles. The average Bonchev–Trinajstić information content (AvgIpc) is 2.80. The summed E-state index contributed by atoms with van der Waals surface area (Å²) in [7, 11) is -4.21. The van der Waals surface area contributed by atoms with Crippen LogP contribution < -0.4 is 20.1 Å². The number of sulfonamides is 1. The molecule has 178 valence electrons. The lowest BCUT2D eigenvalue weighted by molar-refractivity contribution is 0.0921. The Bertz CT molecular complexity index is 1060. The first-order valence-corrected chi connectivity index (χ1v) is 11.3. The number of hydrogen-bond acceptors (Lipinski definition) is 9. The number of nitrogens with zero attached hydrogens (tertiary/aromatic N) is 1. The Morgan fingerprint density at radius 3 is 2.27 bits per heavy atom. The molecule has 0 unspecified atom stereocenters. The van der Waals surface area contributed by atoms with Crippen molar-refractivity contribution in [3.8, 4) is 5.88 Å². The number of aromatic nitrogens is 1. The zero-order valence-corrected chi connectivity index (χ0v) is 18.6. The lowest BCUT2D eigenvalue weighted by Gasteiger charge is -2.09. The minimum atomic E-state index is -4.21. The molecule has 0 atom stereocenters. The number of ether oxygens (including phenoxy) is 2. The van der Waals surface area contributed by atoms with E-state index in [4.69, 9.17) is 14.6 Å². The van der Waals surface area contributed by atoms with Crippen LogP contribution in [-0.2, 0) is 14.8 Å². The zero-order valence-electron chi connectivity index (χ0n) is 17.7. The summed E-state index contributed by atoms with van der Waals surface area (Å²) < 4.78 is 36.8. The molecule has 0 aliphatic heterocycles. The quantitative estimate of drug-likeness (QED) is 0.324. The first kappa shape index (κ1) is 25.7. The summed E-state index contributed by atoms with van der Waals surface area (Å²) in [5.74, 6) is -1.46. The van der Waals surface area contributed by atoms with Crippen LogP contribution in [0.15, 0.2) is 47.5 Å². The number of carbonyl (C=O) groups excluding carboxylic acids is 3. The minimum absolute atomic E-state index is 0.00322. The summed E-state index contributed by atoms with van der Waals surface area (Å²) >= 11 is 0. The zero-order chi connectivity index (χ0) is 24.3. The van der Waals surface area contributed by atoms with Gasteiger partial charge in [0.25, 0.3) is 21.8 Å². The second kappa shape index (κ2) is 12.5. The number of aliphatic hydroxyl groups is 1. The fourth-order valence-corrected chi connectivity index (χ4v) is 3.35. The number of aliphatic hydroxyl groups excluding tert-OH is 1. The van der Waals surface area contributed by atoms with Crippen molar-refractivity contribution in [1.82, 2.24) is 20.3 Å². The van der Waals surface area contributed by atoms with Gasteiger partial charge < -0.3 is 25.2 Å². The third kappa shape index (κ3) is 8.14. The van der Waals surface area contributed by atoms with E-state index >= 15 is 0 Å². The van der Waals surface area contributed by atoms with Gasteiger partial charge in [-0.25, -0.2) is 22.9 Å². The molecule has 33 heavy (non-hydrogen) atoms. The van der Waals surface area contributed by atoms with Gasteiger partial charge in [0.2, 0.25) is 5.88 Å². The molecule has 12 nitrogen and oxygen atoms in total. The summed E-state index contributed by atoms with van der Waals surface area (Å²) in [6.45, 7) is 2.78. The molecule has 0 saturated carbocycles. The highest BCUT2D eigenvalue weighted by Crippen LogP contribution is 2.13. The fraction of sp³-hybridized carbons (Fsp3) is 0.300.